The Labute approximate surface area is 174 Å². The van der Waals surface area contributed by atoms with Crippen LogP contribution < -0.4 is 0 Å². The molecule has 2 aromatic carbocycles. The molecular weight excluding hydrogens is 378 g/mol. The van der Waals surface area contributed by atoms with Gasteiger partial charge in [-0.15, -0.1) is 5.10 Å². The minimum absolute atomic E-state index is 0.119. The van der Waals surface area contributed by atoms with Gasteiger partial charge in [0.1, 0.15) is 12.1 Å². The molecule has 1 saturated carbocycles. The molecule has 2 fully saturated rings. The van der Waals surface area contributed by atoms with Gasteiger partial charge in [-0.1, -0.05) is 42.1 Å². The Bertz CT molecular complexity index is 1180. The van der Waals surface area contributed by atoms with Crippen molar-refractivity contribution in [3.63, 3.8) is 0 Å². The van der Waals surface area contributed by atoms with E-state index in [0.717, 1.165) is 45.7 Å². The number of aromatic nitrogens is 3. The number of carbonyl (C=O) groups is 2. The van der Waals surface area contributed by atoms with Crippen LogP contribution in [0.2, 0.25) is 0 Å². The van der Waals surface area contributed by atoms with E-state index in [1.54, 1.807) is 4.90 Å². The van der Waals surface area contributed by atoms with Crippen molar-refractivity contribution >= 4 is 29.0 Å². The lowest BCUT2D eigenvalue weighted by Crippen LogP contribution is -2.29. The number of hydrogen-bond donors (Lipinski definition) is 0. The molecule has 2 aliphatic rings. The molecule has 152 valence electrons. The summed E-state index contributed by atoms with van der Waals surface area (Å²) in [5.74, 6) is 0.544. The summed E-state index contributed by atoms with van der Waals surface area (Å²) in [4.78, 5) is 26.7. The van der Waals surface area contributed by atoms with Crippen molar-refractivity contribution in [2.45, 2.75) is 25.9 Å². The number of amides is 3. The monoisotopic (exact) mass is 401 g/mol. The highest BCUT2D eigenvalue weighted by molar-refractivity contribution is 6.01. The molecular formula is C23H23N5O2. The van der Waals surface area contributed by atoms with E-state index >= 15 is 0 Å². The maximum Gasteiger partial charge on any atom is 0.327 e. The van der Waals surface area contributed by atoms with Gasteiger partial charge < -0.3 is 4.90 Å². The van der Waals surface area contributed by atoms with Crippen LogP contribution in [-0.4, -0.2) is 50.3 Å². The molecule has 1 aromatic heterocycles. The lowest BCUT2D eigenvalue weighted by molar-refractivity contribution is -0.124. The molecule has 0 atom stereocenters. The van der Waals surface area contributed by atoms with Gasteiger partial charge in [0, 0.05) is 25.7 Å². The van der Waals surface area contributed by atoms with Crippen LogP contribution >= 0.6 is 0 Å². The van der Waals surface area contributed by atoms with E-state index in [1.165, 1.54) is 24.8 Å². The summed E-state index contributed by atoms with van der Waals surface area (Å²) < 4.78 is 1.99. The normalized spacial score (nSPS) is 16.7. The molecule has 3 amide bonds. The molecule has 1 aliphatic carbocycles. The third kappa shape index (κ3) is 3.16. The molecule has 5 rings (SSSR count). The first-order chi connectivity index (χ1) is 14.5. The number of nitrogens with zero attached hydrogens (tertiary/aromatic N) is 5. The summed E-state index contributed by atoms with van der Waals surface area (Å²) in [6.45, 7) is 5.44. The van der Waals surface area contributed by atoms with Crippen LogP contribution in [0.15, 0.2) is 43.0 Å². The molecule has 0 spiro atoms. The Balaban J connectivity index is 1.48. The topological polar surface area (TPSA) is 71.3 Å². The molecule has 0 unspecified atom stereocenters. The maximum atomic E-state index is 12.2. The van der Waals surface area contributed by atoms with E-state index in [-0.39, 0.29) is 18.5 Å². The van der Waals surface area contributed by atoms with Crippen molar-refractivity contribution in [3.05, 3.63) is 54.1 Å². The lowest BCUT2D eigenvalue weighted by Gasteiger charge is -2.16. The van der Waals surface area contributed by atoms with Crippen LogP contribution in [0.25, 0.3) is 28.2 Å². The van der Waals surface area contributed by atoms with Crippen LogP contribution in [0.3, 0.4) is 0 Å². The average Bonchev–Trinajstić information content (AvgIpc) is 3.44. The van der Waals surface area contributed by atoms with Gasteiger partial charge in [-0.3, -0.25) is 9.69 Å². The van der Waals surface area contributed by atoms with Gasteiger partial charge in [-0.05, 0) is 47.6 Å². The van der Waals surface area contributed by atoms with Crippen molar-refractivity contribution in [3.8, 4) is 11.1 Å². The summed E-state index contributed by atoms with van der Waals surface area (Å²) in [6, 6.07) is 11.9. The highest BCUT2D eigenvalue weighted by Crippen LogP contribution is 2.34. The fourth-order valence-corrected chi connectivity index (χ4v) is 4.03. The number of urea groups is 1. The van der Waals surface area contributed by atoms with Crippen LogP contribution in [0.5, 0.6) is 0 Å². The first-order valence-corrected chi connectivity index (χ1v) is 10.2. The predicted octanol–water partition coefficient (Wildman–Crippen LogP) is 3.55. The summed E-state index contributed by atoms with van der Waals surface area (Å²) in [5.41, 5.74) is 5.86. The Morgan fingerprint density at radius 1 is 1.20 bits per heavy atom. The van der Waals surface area contributed by atoms with Gasteiger partial charge in [0.05, 0.1) is 5.52 Å². The van der Waals surface area contributed by atoms with Gasteiger partial charge in [0.15, 0.2) is 0 Å². The van der Waals surface area contributed by atoms with E-state index in [4.69, 9.17) is 0 Å². The number of imide groups is 1. The molecule has 30 heavy (non-hydrogen) atoms. The zero-order valence-corrected chi connectivity index (χ0v) is 16.9. The highest BCUT2D eigenvalue weighted by atomic mass is 16.2. The van der Waals surface area contributed by atoms with Gasteiger partial charge in [-0.25, -0.2) is 9.48 Å². The Morgan fingerprint density at radius 2 is 2.03 bits per heavy atom. The number of benzene rings is 2. The van der Waals surface area contributed by atoms with Crippen molar-refractivity contribution in [2.24, 2.45) is 5.92 Å². The predicted molar refractivity (Wildman–Crippen MR) is 114 cm³/mol. The molecule has 7 heteroatoms. The molecule has 7 nitrogen and oxygen atoms in total. The molecule has 3 aromatic rings. The third-order valence-corrected chi connectivity index (χ3v) is 5.93. The summed E-state index contributed by atoms with van der Waals surface area (Å²) in [6.07, 6.45) is 4.36. The minimum atomic E-state index is -0.258. The molecule has 0 N–H and O–H groups in total. The summed E-state index contributed by atoms with van der Waals surface area (Å²) in [5, 5.41) is 8.80. The Kier molecular flexibility index (Phi) is 4.38. The van der Waals surface area contributed by atoms with Crippen LogP contribution in [0.1, 0.15) is 24.0 Å². The second-order valence-corrected chi connectivity index (χ2v) is 8.11. The molecule has 1 saturated heterocycles. The number of hydrogen-bond acceptors (Lipinski definition) is 4. The summed E-state index contributed by atoms with van der Waals surface area (Å²) >= 11 is 0. The van der Waals surface area contributed by atoms with Crippen molar-refractivity contribution in [2.75, 3.05) is 13.6 Å². The van der Waals surface area contributed by atoms with Crippen molar-refractivity contribution in [1.82, 2.24) is 24.8 Å². The molecule has 0 radical (unpaired) electrons. The van der Waals surface area contributed by atoms with E-state index in [2.05, 4.69) is 35.1 Å². The largest absolute Gasteiger partial charge is 0.327 e. The van der Waals surface area contributed by atoms with Gasteiger partial charge in [-0.2, -0.15) is 0 Å². The third-order valence-electron chi connectivity index (χ3n) is 5.93. The zero-order valence-electron chi connectivity index (χ0n) is 16.9. The van der Waals surface area contributed by atoms with E-state index in [1.807, 2.05) is 29.0 Å². The second-order valence-electron chi connectivity index (χ2n) is 8.11. The SMILES string of the molecule is C=Cc1c(-c2cccc(CN3CC(=O)N(C)C3=O)c2)ccc2c1nnn2CC1CC1. The average molecular weight is 401 g/mol. The Morgan fingerprint density at radius 3 is 2.73 bits per heavy atom. The van der Waals surface area contributed by atoms with Gasteiger partial charge in [0.2, 0.25) is 5.91 Å². The fourth-order valence-electron chi connectivity index (χ4n) is 4.03. The van der Waals surface area contributed by atoms with Crippen LogP contribution in [0, 0.1) is 5.92 Å². The van der Waals surface area contributed by atoms with Crippen LogP contribution in [0.4, 0.5) is 4.79 Å². The van der Waals surface area contributed by atoms with Crippen LogP contribution in [-0.2, 0) is 17.9 Å². The van der Waals surface area contributed by atoms with Gasteiger partial charge >= 0.3 is 6.03 Å². The molecule has 1 aliphatic heterocycles. The first-order valence-electron chi connectivity index (χ1n) is 10.2. The van der Waals surface area contributed by atoms with E-state index in [0.29, 0.717) is 6.54 Å². The highest BCUT2D eigenvalue weighted by Gasteiger charge is 2.32. The smallest absolute Gasteiger partial charge is 0.311 e. The van der Waals surface area contributed by atoms with E-state index < -0.39 is 0 Å². The number of likely N-dealkylation sites (N-methyl/N-ethyl adjacent to an activating group) is 1. The number of carbonyl (C=O) groups excluding carboxylic acids is 2. The van der Waals surface area contributed by atoms with Crippen molar-refractivity contribution < 1.29 is 9.59 Å². The zero-order chi connectivity index (χ0) is 20.8. The summed E-state index contributed by atoms with van der Waals surface area (Å²) in [7, 11) is 1.52. The lowest BCUT2D eigenvalue weighted by atomic mass is 9.96. The second kappa shape index (κ2) is 7.09. The standard InChI is InChI=1S/C23H23N5O2/c1-3-18-19(9-10-20-22(18)24-25-28(20)13-15-7-8-15)17-6-4-5-16(11-17)12-27-14-21(29)26(2)23(27)30/h3-6,9-11,15H,1,7-8,12-14H2,2H3. The molecule has 2 heterocycles. The minimum Gasteiger partial charge on any atom is -0.311 e. The molecule has 0 bridgehead atoms. The van der Waals surface area contributed by atoms with E-state index in [9.17, 15) is 9.59 Å². The quantitative estimate of drug-likeness (QED) is 0.592. The van der Waals surface area contributed by atoms with Crippen molar-refractivity contribution in [1.29, 1.82) is 0 Å². The Hall–Kier alpha value is -3.48. The maximum absolute atomic E-state index is 12.2. The number of fused-ring (bicyclic) bond motifs is 1. The fraction of sp³-hybridized carbons (Fsp3) is 0.304. The first kappa shape index (κ1) is 18.5. The van der Waals surface area contributed by atoms with Gasteiger partial charge in [0.25, 0.3) is 0 Å². The number of rotatable bonds is 6.